The standard InChI is InChI=1S/C84H134N10O39/c1-49(95)91-72-78(128-58(10)104)75(125-55(7)101)61(43-122-52(4)98)131-81(72)119-37-16-13-23-64(107)85-31-20-34-88-67(110)28-40-116-46-84(94-70(113)26-19-27-71(114)115,47-117-41-29-68(111)89-35-21-32-86-65(108)24-14-17-38-120-82-73(92-50(2)96)79(129-59(11)105)76(126-56(8)102)62(132-82)44-123-53(5)99)48-118-42-30-69(112)90-36-22-33-87-66(109)25-15-18-39-121-83-74(93-51(3)97)80(130-60(12)106)77(127-57(9)103)63(133-83)45-124-54(6)100/h61-63,72-83H,13-48H2,1-12H3,(H,85,107)(H,86,108)(H,87,109)(H,88,110)(H,89,111)(H,90,112)(H,91,95)(H,92,96)(H,93,97)(H,94,113)(H,114,115). The first-order chi connectivity index (χ1) is 63.1. The number of amides is 10. The highest BCUT2D eigenvalue weighted by atomic mass is 16.7. The van der Waals surface area contributed by atoms with Crippen LogP contribution in [0.4, 0.5) is 0 Å². The van der Waals surface area contributed by atoms with E-state index in [1.54, 1.807) is 0 Å². The summed E-state index contributed by atoms with van der Waals surface area (Å²) in [6.07, 6.45) is -13.7. The first-order valence-corrected chi connectivity index (χ1v) is 44.0. The van der Waals surface area contributed by atoms with E-state index in [0.29, 0.717) is 57.8 Å². The minimum Gasteiger partial charge on any atom is -0.481 e. The summed E-state index contributed by atoms with van der Waals surface area (Å²) < 4.78 is 102. The SMILES string of the molecule is CC(=O)NC1C(OCCCCC(=O)NCCCNC(=O)CCOCC(COCCC(=O)NCCCNC(=O)CCCCOC2OC(COC(C)=O)C(OC(C)=O)C(OC(C)=O)C2NC(C)=O)(COCCC(=O)NCCCNC(=O)CCCCOC2OC(COC(C)=O)C(OC(C)=O)C(OC(C)=O)C2NC(C)=O)NC(=O)CCCC(=O)O)OC(COC(C)=O)C(OC(C)=O)C1OC(C)=O. The van der Waals surface area contributed by atoms with Gasteiger partial charge in [0.25, 0.3) is 0 Å². The molecule has 15 atom stereocenters. The highest BCUT2D eigenvalue weighted by Gasteiger charge is 2.55. The van der Waals surface area contributed by atoms with Crippen LogP contribution in [0.2, 0.25) is 0 Å². The minimum absolute atomic E-state index is 0.0251. The largest absolute Gasteiger partial charge is 0.481 e. The van der Waals surface area contributed by atoms with E-state index < -0.39 is 218 Å². The third-order valence-corrected chi connectivity index (χ3v) is 19.2. The lowest BCUT2D eigenvalue weighted by Gasteiger charge is -2.44. The van der Waals surface area contributed by atoms with Crippen molar-refractivity contribution < 1.29 is 186 Å². The van der Waals surface area contributed by atoms with Crippen LogP contribution < -0.4 is 53.2 Å². The molecule has 0 aromatic rings. The number of unbranched alkanes of at least 4 members (excludes halogenated alkanes) is 3. The Morgan fingerprint density at radius 2 is 0.511 bits per heavy atom. The van der Waals surface area contributed by atoms with Crippen LogP contribution in [0, 0.1) is 0 Å². The number of aliphatic carboxylic acids is 1. The van der Waals surface area contributed by atoms with Crippen molar-refractivity contribution in [2.45, 2.75) is 296 Å². The van der Waals surface area contributed by atoms with Crippen molar-refractivity contribution in [3.63, 3.8) is 0 Å². The molecule has 133 heavy (non-hydrogen) atoms. The number of carboxylic acids is 1. The Morgan fingerprint density at radius 3 is 0.744 bits per heavy atom. The molecule has 3 saturated heterocycles. The molecule has 3 aliphatic heterocycles. The highest BCUT2D eigenvalue weighted by molar-refractivity contribution is 5.80. The number of nitrogens with one attached hydrogen (secondary N) is 10. The van der Waals surface area contributed by atoms with E-state index in [4.69, 9.17) is 85.3 Å². The lowest BCUT2D eigenvalue weighted by Crippen LogP contribution is -2.66. The third kappa shape index (κ3) is 51.2. The molecule has 0 aromatic carbocycles. The van der Waals surface area contributed by atoms with Crippen molar-refractivity contribution >= 4 is 119 Å². The van der Waals surface area contributed by atoms with Gasteiger partial charge in [0.05, 0.1) is 39.6 Å². The average molecular weight is 1910 g/mol. The summed E-state index contributed by atoms with van der Waals surface area (Å²) in [5.74, 6) is -12.5. The number of carboxylic acid groups (broad SMARTS) is 1. The van der Waals surface area contributed by atoms with Crippen LogP contribution in [0.25, 0.3) is 0 Å². The smallest absolute Gasteiger partial charge is 0.303 e. The molecule has 15 unspecified atom stereocenters. The summed E-state index contributed by atoms with van der Waals surface area (Å²) in [5, 5.41) is 36.5. The molecule has 49 heteroatoms. The van der Waals surface area contributed by atoms with E-state index in [0.717, 1.165) is 62.3 Å². The van der Waals surface area contributed by atoms with Crippen molar-refractivity contribution in [3.05, 3.63) is 0 Å². The summed E-state index contributed by atoms with van der Waals surface area (Å²) in [6.45, 7) is 11.4. The number of hydrogen-bond donors (Lipinski definition) is 11. The van der Waals surface area contributed by atoms with Gasteiger partial charge >= 0.3 is 59.7 Å². The van der Waals surface area contributed by atoms with E-state index >= 15 is 0 Å². The zero-order chi connectivity index (χ0) is 99.0. The molecule has 3 fully saturated rings. The van der Waals surface area contributed by atoms with Crippen molar-refractivity contribution in [3.8, 4) is 0 Å². The molecular weight excluding hydrogens is 1770 g/mol. The second-order valence-electron chi connectivity index (χ2n) is 31.3. The van der Waals surface area contributed by atoms with Crippen LogP contribution >= 0.6 is 0 Å². The van der Waals surface area contributed by atoms with Gasteiger partial charge in [-0.2, -0.15) is 0 Å². The van der Waals surface area contributed by atoms with Gasteiger partial charge in [-0.3, -0.25) is 95.9 Å². The third-order valence-electron chi connectivity index (χ3n) is 19.2. The fraction of sp³-hybridized carbons (Fsp3) is 0.762. The number of rotatable bonds is 65. The van der Waals surface area contributed by atoms with Gasteiger partial charge < -0.3 is 144 Å². The maximum Gasteiger partial charge on any atom is 0.303 e. The molecular formula is C84H134N10O39. The summed E-state index contributed by atoms with van der Waals surface area (Å²) in [5.41, 5.74) is -1.59. The zero-order valence-electron chi connectivity index (χ0n) is 77.6. The first-order valence-electron chi connectivity index (χ1n) is 44.0. The Kier molecular flexibility index (Phi) is 56.6. The van der Waals surface area contributed by atoms with Gasteiger partial charge in [-0.05, 0) is 64.2 Å². The monoisotopic (exact) mass is 1910 g/mol. The van der Waals surface area contributed by atoms with E-state index in [1.165, 1.54) is 20.8 Å². The first kappa shape index (κ1) is 116. The van der Waals surface area contributed by atoms with Crippen LogP contribution in [0.5, 0.6) is 0 Å². The molecule has 0 saturated carbocycles. The van der Waals surface area contributed by atoms with E-state index in [9.17, 15) is 101 Å². The van der Waals surface area contributed by atoms with Gasteiger partial charge in [0.1, 0.15) is 61.8 Å². The Hall–Kier alpha value is -11.0. The molecule has 3 rings (SSSR count). The summed E-state index contributed by atoms with van der Waals surface area (Å²) in [4.78, 5) is 248. The lowest BCUT2D eigenvalue weighted by molar-refractivity contribution is -0.277. The number of hydrogen-bond acceptors (Lipinski definition) is 38. The van der Waals surface area contributed by atoms with Gasteiger partial charge in [0.15, 0.2) is 55.5 Å². The molecule has 0 spiro atoms. The molecule has 0 bridgehead atoms. The molecule has 49 nitrogen and oxygen atoms in total. The van der Waals surface area contributed by atoms with Crippen molar-refractivity contribution in [1.29, 1.82) is 0 Å². The quantitative estimate of drug-likeness (QED) is 0.0173. The van der Waals surface area contributed by atoms with Gasteiger partial charge in [0, 0.05) is 194 Å². The summed E-state index contributed by atoms with van der Waals surface area (Å²) >= 11 is 0. The Balaban J connectivity index is 1.61. The molecule has 3 heterocycles. The maximum atomic E-state index is 13.6. The van der Waals surface area contributed by atoms with Crippen molar-refractivity contribution in [1.82, 2.24) is 53.2 Å². The molecule has 0 aromatic heterocycles. The molecule has 754 valence electrons. The maximum absolute atomic E-state index is 13.6. The number of carbonyl (C=O) groups excluding carboxylic acids is 19. The predicted octanol–water partition coefficient (Wildman–Crippen LogP) is -2.29. The van der Waals surface area contributed by atoms with Crippen LogP contribution in [-0.2, 0) is 181 Å². The van der Waals surface area contributed by atoms with E-state index in [1.807, 2.05) is 0 Å². The summed E-state index contributed by atoms with van der Waals surface area (Å²) in [7, 11) is 0. The molecule has 3 aliphatic rings. The van der Waals surface area contributed by atoms with Crippen LogP contribution in [0.1, 0.15) is 199 Å². The Morgan fingerprint density at radius 1 is 0.271 bits per heavy atom. The Bertz CT molecular complexity index is 3440. The topological polar surface area (TPSA) is 648 Å². The number of ether oxygens (including phenoxy) is 18. The minimum atomic E-state index is -1.59. The fourth-order valence-electron chi connectivity index (χ4n) is 13.5. The average Bonchev–Trinajstić information content (AvgIpc) is 0.795. The van der Waals surface area contributed by atoms with Crippen molar-refractivity contribution in [2.75, 3.05) is 119 Å². The molecule has 11 N–H and O–H groups in total. The van der Waals surface area contributed by atoms with E-state index in [-0.39, 0.29) is 174 Å². The number of esters is 9. The second kappa shape index (κ2) is 64.8. The number of carbonyl (C=O) groups is 20. The highest BCUT2D eigenvalue weighted by Crippen LogP contribution is 2.32. The van der Waals surface area contributed by atoms with Gasteiger partial charge in [-0.1, -0.05) is 0 Å². The normalized spacial score (nSPS) is 21.7. The van der Waals surface area contributed by atoms with Gasteiger partial charge in [-0.15, -0.1) is 0 Å². The molecule has 10 amide bonds. The van der Waals surface area contributed by atoms with E-state index in [2.05, 4.69) is 53.2 Å². The fourth-order valence-corrected chi connectivity index (χ4v) is 13.5. The van der Waals surface area contributed by atoms with Gasteiger partial charge in [-0.25, -0.2) is 0 Å². The predicted molar refractivity (Wildman–Crippen MR) is 452 cm³/mol. The van der Waals surface area contributed by atoms with Crippen LogP contribution in [0.3, 0.4) is 0 Å². The van der Waals surface area contributed by atoms with Crippen LogP contribution in [-0.4, -0.2) is 340 Å². The molecule has 0 radical (unpaired) electrons. The molecule has 0 aliphatic carbocycles. The van der Waals surface area contributed by atoms with Crippen molar-refractivity contribution in [2.24, 2.45) is 0 Å². The summed E-state index contributed by atoms with van der Waals surface area (Å²) in [6, 6.07) is -3.54. The van der Waals surface area contributed by atoms with Gasteiger partial charge in [0.2, 0.25) is 59.1 Å². The second-order valence-corrected chi connectivity index (χ2v) is 31.3. The Labute approximate surface area is 770 Å². The lowest BCUT2D eigenvalue weighted by atomic mass is 9.96. The zero-order valence-corrected chi connectivity index (χ0v) is 77.6. The van der Waals surface area contributed by atoms with Crippen LogP contribution in [0.15, 0.2) is 0 Å².